The Bertz CT molecular complexity index is 505. The lowest BCUT2D eigenvalue weighted by atomic mass is 10.1. The van der Waals surface area contributed by atoms with Crippen molar-refractivity contribution in [2.45, 2.75) is 31.7 Å². The van der Waals surface area contributed by atoms with Gasteiger partial charge in [0.2, 0.25) is 5.91 Å². The monoisotopic (exact) mass is 319 g/mol. The minimum Gasteiger partial charge on any atom is -0.492 e. The van der Waals surface area contributed by atoms with E-state index in [1.165, 1.54) is 12.8 Å². The zero-order valence-electron chi connectivity index (χ0n) is 14.3. The molecule has 0 aliphatic carbocycles. The molecule has 5 heteroatoms. The number of carbonyl (C=O) groups is 1. The number of carbonyl (C=O) groups excluding carboxylic acids is 1. The molecule has 1 saturated heterocycles. The number of ether oxygens (including phenoxy) is 1. The van der Waals surface area contributed by atoms with Crippen molar-refractivity contribution < 1.29 is 9.53 Å². The van der Waals surface area contributed by atoms with Crippen LogP contribution in [0.1, 0.15) is 24.8 Å². The molecule has 5 nitrogen and oxygen atoms in total. The Balaban J connectivity index is 1.97. The number of hydrogen-bond acceptors (Lipinski definition) is 4. The molecule has 23 heavy (non-hydrogen) atoms. The van der Waals surface area contributed by atoms with Gasteiger partial charge in [0.15, 0.2) is 0 Å². The third kappa shape index (κ3) is 5.52. The average molecular weight is 319 g/mol. The SMILES string of the molecule is CN(C)C1CCCCN(C(=O)Cc2cccc(OCCN)c2)C1. The highest BCUT2D eigenvalue weighted by Gasteiger charge is 2.23. The van der Waals surface area contributed by atoms with E-state index in [0.29, 0.717) is 25.6 Å². The molecule has 0 spiro atoms. The van der Waals surface area contributed by atoms with Crippen molar-refractivity contribution in [3.63, 3.8) is 0 Å². The molecule has 2 N–H and O–H groups in total. The summed E-state index contributed by atoms with van der Waals surface area (Å²) in [6.45, 7) is 2.68. The normalized spacial score (nSPS) is 18.8. The first kappa shape index (κ1) is 17.8. The lowest BCUT2D eigenvalue weighted by molar-refractivity contribution is -0.131. The number of nitrogens with two attached hydrogens (primary N) is 1. The molecule has 1 heterocycles. The summed E-state index contributed by atoms with van der Waals surface area (Å²) in [6, 6.07) is 8.21. The Morgan fingerprint density at radius 2 is 2.22 bits per heavy atom. The molecule has 1 aromatic carbocycles. The van der Waals surface area contributed by atoms with Gasteiger partial charge in [-0.2, -0.15) is 0 Å². The van der Waals surface area contributed by atoms with Crippen molar-refractivity contribution in [2.75, 3.05) is 40.3 Å². The number of benzene rings is 1. The Labute approximate surface area is 139 Å². The highest BCUT2D eigenvalue weighted by atomic mass is 16.5. The molecule has 1 aromatic rings. The van der Waals surface area contributed by atoms with Gasteiger partial charge in [0.05, 0.1) is 6.42 Å². The lowest BCUT2D eigenvalue weighted by Gasteiger charge is -2.28. The van der Waals surface area contributed by atoms with Crippen molar-refractivity contribution in [3.8, 4) is 5.75 Å². The van der Waals surface area contributed by atoms with Crippen LogP contribution >= 0.6 is 0 Å². The molecule has 128 valence electrons. The van der Waals surface area contributed by atoms with Crippen LogP contribution in [-0.2, 0) is 11.2 Å². The van der Waals surface area contributed by atoms with Crippen molar-refractivity contribution in [1.82, 2.24) is 9.80 Å². The van der Waals surface area contributed by atoms with Crippen molar-refractivity contribution in [2.24, 2.45) is 5.73 Å². The maximum absolute atomic E-state index is 12.7. The fraction of sp³-hybridized carbons (Fsp3) is 0.611. The number of likely N-dealkylation sites (tertiary alicyclic amines) is 1. The van der Waals surface area contributed by atoms with Crippen LogP contribution in [0.2, 0.25) is 0 Å². The van der Waals surface area contributed by atoms with E-state index >= 15 is 0 Å². The maximum Gasteiger partial charge on any atom is 0.227 e. The molecule has 1 aliphatic rings. The number of rotatable bonds is 6. The Hall–Kier alpha value is -1.59. The highest BCUT2D eigenvalue weighted by molar-refractivity contribution is 5.79. The second kappa shape index (κ2) is 8.89. The summed E-state index contributed by atoms with van der Waals surface area (Å²) in [5.74, 6) is 0.984. The summed E-state index contributed by atoms with van der Waals surface area (Å²) in [5, 5.41) is 0. The number of nitrogens with zero attached hydrogens (tertiary/aromatic N) is 2. The van der Waals surface area contributed by atoms with Crippen LogP contribution < -0.4 is 10.5 Å². The van der Waals surface area contributed by atoms with Crippen LogP contribution in [0.25, 0.3) is 0 Å². The van der Waals surface area contributed by atoms with E-state index in [0.717, 1.165) is 30.8 Å². The standard InChI is InChI=1S/C18H29N3O2/c1-20(2)16-7-3-4-10-21(14-16)18(22)13-15-6-5-8-17(12-15)23-11-9-19/h5-6,8,12,16H,3-4,7,9-11,13-14,19H2,1-2H3. The van der Waals surface area contributed by atoms with Gasteiger partial charge < -0.3 is 20.3 Å². The largest absolute Gasteiger partial charge is 0.492 e. The van der Waals surface area contributed by atoms with Crippen LogP contribution in [-0.4, -0.2) is 62.1 Å². The Morgan fingerprint density at radius 1 is 1.39 bits per heavy atom. The van der Waals surface area contributed by atoms with Crippen LogP contribution in [0.3, 0.4) is 0 Å². The fourth-order valence-electron chi connectivity index (χ4n) is 2.98. The van der Waals surface area contributed by atoms with Crippen LogP contribution in [0, 0.1) is 0 Å². The summed E-state index contributed by atoms with van der Waals surface area (Å²) in [5.41, 5.74) is 6.45. The quantitative estimate of drug-likeness (QED) is 0.863. The van der Waals surface area contributed by atoms with Crippen molar-refractivity contribution in [1.29, 1.82) is 0 Å². The molecule has 1 atom stereocenters. The molecule has 0 aromatic heterocycles. The molecule has 2 rings (SSSR count). The molecular weight excluding hydrogens is 290 g/mol. The van der Waals surface area contributed by atoms with Gasteiger partial charge in [-0.3, -0.25) is 4.79 Å². The number of amides is 1. The van der Waals surface area contributed by atoms with E-state index in [1.807, 2.05) is 29.2 Å². The van der Waals surface area contributed by atoms with Gasteiger partial charge in [0.1, 0.15) is 12.4 Å². The Morgan fingerprint density at radius 3 is 2.96 bits per heavy atom. The van der Waals surface area contributed by atoms with Crippen LogP contribution in [0.15, 0.2) is 24.3 Å². The van der Waals surface area contributed by atoms with Gasteiger partial charge in [-0.05, 0) is 44.6 Å². The second-order valence-corrected chi connectivity index (χ2v) is 6.41. The van der Waals surface area contributed by atoms with E-state index < -0.39 is 0 Å². The average Bonchev–Trinajstić information content (AvgIpc) is 2.79. The topological polar surface area (TPSA) is 58.8 Å². The van der Waals surface area contributed by atoms with Gasteiger partial charge in [-0.1, -0.05) is 18.6 Å². The summed E-state index contributed by atoms with van der Waals surface area (Å²) < 4.78 is 5.53. The summed E-state index contributed by atoms with van der Waals surface area (Å²) in [7, 11) is 4.19. The molecule has 1 unspecified atom stereocenters. The lowest BCUT2D eigenvalue weighted by Crippen LogP contribution is -2.42. The molecule has 1 fully saturated rings. The molecule has 0 bridgehead atoms. The van der Waals surface area contributed by atoms with Gasteiger partial charge in [0, 0.05) is 25.7 Å². The number of hydrogen-bond donors (Lipinski definition) is 1. The van der Waals surface area contributed by atoms with Gasteiger partial charge >= 0.3 is 0 Å². The van der Waals surface area contributed by atoms with Crippen LogP contribution in [0.5, 0.6) is 5.75 Å². The van der Waals surface area contributed by atoms with Gasteiger partial charge in [-0.25, -0.2) is 0 Å². The van der Waals surface area contributed by atoms with Gasteiger partial charge in [-0.15, -0.1) is 0 Å². The summed E-state index contributed by atoms with van der Waals surface area (Å²) in [4.78, 5) is 16.9. The first-order valence-electron chi connectivity index (χ1n) is 8.46. The molecular formula is C18H29N3O2. The first-order valence-corrected chi connectivity index (χ1v) is 8.46. The third-order valence-corrected chi connectivity index (χ3v) is 4.37. The molecule has 1 amide bonds. The summed E-state index contributed by atoms with van der Waals surface area (Å²) in [6.07, 6.45) is 3.88. The highest BCUT2D eigenvalue weighted by Crippen LogP contribution is 2.17. The predicted octanol–water partition coefficient (Wildman–Crippen LogP) is 1.51. The first-order chi connectivity index (χ1) is 11.1. The Kier molecular flexibility index (Phi) is 6.86. The van der Waals surface area contributed by atoms with Gasteiger partial charge in [0.25, 0.3) is 0 Å². The molecule has 0 saturated carbocycles. The van der Waals surface area contributed by atoms with Crippen molar-refractivity contribution in [3.05, 3.63) is 29.8 Å². The van der Waals surface area contributed by atoms with Crippen LogP contribution in [0.4, 0.5) is 0 Å². The van der Waals surface area contributed by atoms with E-state index in [1.54, 1.807) is 0 Å². The molecule has 1 aliphatic heterocycles. The van der Waals surface area contributed by atoms with E-state index in [9.17, 15) is 4.79 Å². The van der Waals surface area contributed by atoms with E-state index in [-0.39, 0.29) is 5.91 Å². The van der Waals surface area contributed by atoms with E-state index in [4.69, 9.17) is 10.5 Å². The third-order valence-electron chi connectivity index (χ3n) is 4.37. The molecule has 0 radical (unpaired) electrons. The zero-order valence-corrected chi connectivity index (χ0v) is 14.3. The zero-order chi connectivity index (χ0) is 16.7. The minimum atomic E-state index is 0.203. The van der Waals surface area contributed by atoms with E-state index in [2.05, 4.69) is 19.0 Å². The number of likely N-dealkylation sites (N-methyl/N-ethyl adjacent to an activating group) is 1. The summed E-state index contributed by atoms with van der Waals surface area (Å²) >= 11 is 0. The maximum atomic E-state index is 12.7. The van der Waals surface area contributed by atoms with Crippen molar-refractivity contribution >= 4 is 5.91 Å². The minimum absolute atomic E-state index is 0.203. The fourth-order valence-corrected chi connectivity index (χ4v) is 2.98. The predicted molar refractivity (Wildman–Crippen MR) is 92.6 cm³/mol. The second-order valence-electron chi connectivity index (χ2n) is 6.41. The smallest absolute Gasteiger partial charge is 0.227 e.